The molecule has 0 aromatic rings. The minimum atomic E-state index is -0.670. The molecule has 0 aliphatic heterocycles. The van der Waals surface area contributed by atoms with Crippen molar-refractivity contribution in [1.29, 1.82) is 0 Å². The van der Waals surface area contributed by atoms with E-state index < -0.39 is 23.5 Å². The van der Waals surface area contributed by atoms with E-state index in [1.165, 1.54) is 11.9 Å². The summed E-state index contributed by atoms with van der Waals surface area (Å²) in [5.41, 5.74) is 4.86. The van der Waals surface area contributed by atoms with Crippen molar-refractivity contribution in [3.63, 3.8) is 0 Å². The Morgan fingerprint density at radius 2 is 1.87 bits per heavy atom. The van der Waals surface area contributed by atoms with Gasteiger partial charge >= 0.3 is 6.09 Å². The number of amides is 2. The molecule has 2 N–H and O–H groups in total. The fourth-order valence-corrected chi connectivity index (χ4v) is 1.53. The number of rotatable bonds is 3. The van der Waals surface area contributed by atoms with E-state index in [1.807, 2.05) is 20.8 Å². The van der Waals surface area contributed by atoms with Crippen molar-refractivity contribution in [1.82, 2.24) is 4.90 Å². The third kappa shape index (κ3) is 3.77. The predicted octanol–water partition coefficient (Wildman–Crippen LogP) is 0.975. The van der Waals surface area contributed by atoms with Crippen molar-refractivity contribution in [2.24, 2.45) is 11.1 Å². The SMILES string of the molecule is CCOC(=O)N(C)C(C(N)=O)C(C)(C)C. The number of hydrogen-bond donors (Lipinski definition) is 1. The van der Waals surface area contributed by atoms with E-state index in [0.29, 0.717) is 0 Å². The van der Waals surface area contributed by atoms with E-state index in [4.69, 9.17) is 10.5 Å². The van der Waals surface area contributed by atoms with Gasteiger partial charge in [0.05, 0.1) is 6.61 Å². The van der Waals surface area contributed by atoms with E-state index in [-0.39, 0.29) is 6.61 Å². The van der Waals surface area contributed by atoms with Gasteiger partial charge in [-0.1, -0.05) is 20.8 Å². The van der Waals surface area contributed by atoms with Crippen LogP contribution in [0.3, 0.4) is 0 Å². The Morgan fingerprint density at radius 1 is 1.40 bits per heavy atom. The molecule has 1 unspecified atom stereocenters. The van der Waals surface area contributed by atoms with Gasteiger partial charge in [-0.15, -0.1) is 0 Å². The molecule has 1 atom stereocenters. The molecule has 0 saturated carbocycles. The van der Waals surface area contributed by atoms with E-state index in [9.17, 15) is 9.59 Å². The van der Waals surface area contributed by atoms with Crippen molar-refractivity contribution >= 4 is 12.0 Å². The van der Waals surface area contributed by atoms with E-state index >= 15 is 0 Å². The molecule has 0 aliphatic carbocycles. The van der Waals surface area contributed by atoms with Crippen molar-refractivity contribution in [2.75, 3.05) is 13.7 Å². The predicted molar refractivity (Wildman–Crippen MR) is 57.2 cm³/mol. The third-order valence-electron chi connectivity index (χ3n) is 2.03. The van der Waals surface area contributed by atoms with Crippen LogP contribution in [-0.4, -0.2) is 36.6 Å². The molecule has 2 amide bonds. The second-order valence-electron chi connectivity index (χ2n) is 4.48. The maximum Gasteiger partial charge on any atom is 0.410 e. The van der Waals surface area contributed by atoms with Gasteiger partial charge < -0.3 is 10.5 Å². The number of primary amides is 1. The summed E-state index contributed by atoms with van der Waals surface area (Å²) in [5.74, 6) is -0.530. The summed E-state index contributed by atoms with van der Waals surface area (Å²) < 4.78 is 4.81. The first kappa shape index (κ1) is 13.7. The lowest BCUT2D eigenvalue weighted by Gasteiger charge is -2.34. The summed E-state index contributed by atoms with van der Waals surface area (Å²) in [6.45, 7) is 7.52. The lowest BCUT2D eigenvalue weighted by Crippen LogP contribution is -2.52. The molecule has 0 aromatic heterocycles. The third-order valence-corrected chi connectivity index (χ3v) is 2.03. The van der Waals surface area contributed by atoms with Crippen LogP contribution in [0.2, 0.25) is 0 Å². The first-order valence-corrected chi connectivity index (χ1v) is 4.90. The highest BCUT2D eigenvalue weighted by Gasteiger charge is 2.36. The van der Waals surface area contributed by atoms with Crippen LogP contribution in [0, 0.1) is 5.41 Å². The molecule has 5 heteroatoms. The molecule has 0 saturated heterocycles. The maximum absolute atomic E-state index is 11.4. The summed E-state index contributed by atoms with van der Waals surface area (Å²) >= 11 is 0. The van der Waals surface area contributed by atoms with Gasteiger partial charge in [-0.3, -0.25) is 9.69 Å². The smallest absolute Gasteiger partial charge is 0.410 e. The van der Waals surface area contributed by atoms with Gasteiger partial charge in [-0.25, -0.2) is 4.79 Å². The van der Waals surface area contributed by atoms with Gasteiger partial charge in [0.15, 0.2) is 0 Å². The highest BCUT2D eigenvalue weighted by atomic mass is 16.6. The van der Waals surface area contributed by atoms with Crippen LogP contribution in [0.1, 0.15) is 27.7 Å². The molecule has 88 valence electrons. The Hall–Kier alpha value is -1.26. The fourth-order valence-electron chi connectivity index (χ4n) is 1.53. The summed E-state index contributed by atoms with van der Waals surface area (Å²) in [5, 5.41) is 0. The number of carbonyl (C=O) groups excluding carboxylic acids is 2. The van der Waals surface area contributed by atoms with Gasteiger partial charge in [0.25, 0.3) is 0 Å². The van der Waals surface area contributed by atoms with Crippen molar-refractivity contribution in [3.8, 4) is 0 Å². The molecule has 15 heavy (non-hydrogen) atoms. The van der Waals surface area contributed by atoms with E-state index in [0.717, 1.165) is 0 Å². The summed E-state index contributed by atoms with van der Waals surface area (Å²) in [6.07, 6.45) is -0.531. The number of hydrogen-bond acceptors (Lipinski definition) is 3. The molecular weight excluding hydrogens is 196 g/mol. The summed E-state index contributed by atoms with van der Waals surface area (Å²) in [4.78, 5) is 23.9. The second kappa shape index (κ2) is 5.00. The Labute approximate surface area is 90.6 Å². The zero-order valence-electron chi connectivity index (χ0n) is 10.0. The van der Waals surface area contributed by atoms with Gasteiger partial charge in [0, 0.05) is 7.05 Å². The number of nitrogens with zero attached hydrogens (tertiary/aromatic N) is 1. The average Bonchev–Trinajstić information content (AvgIpc) is 2.00. The Bertz CT molecular complexity index is 246. The molecule has 0 aliphatic rings. The number of carbonyl (C=O) groups is 2. The van der Waals surface area contributed by atoms with Crippen molar-refractivity contribution in [2.45, 2.75) is 33.7 Å². The highest BCUT2D eigenvalue weighted by Crippen LogP contribution is 2.23. The normalized spacial score (nSPS) is 13.1. The standard InChI is InChI=1S/C10H20N2O3/c1-6-15-9(14)12(5)7(8(11)13)10(2,3)4/h7H,6H2,1-5H3,(H2,11,13). The average molecular weight is 216 g/mol. The first-order chi connectivity index (χ1) is 6.71. The molecular formula is C10H20N2O3. The van der Waals surface area contributed by atoms with Crippen LogP contribution >= 0.6 is 0 Å². The van der Waals surface area contributed by atoms with E-state index in [2.05, 4.69) is 0 Å². The molecule has 0 rings (SSSR count). The molecule has 0 heterocycles. The quantitative estimate of drug-likeness (QED) is 0.764. The lowest BCUT2D eigenvalue weighted by molar-refractivity contribution is -0.125. The van der Waals surface area contributed by atoms with Crippen LogP contribution in [0.4, 0.5) is 4.79 Å². The Morgan fingerprint density at radius 3 is 2.13 bits per heavy atom. The zero-order valence-corrected chi connectivity index (χ0v) is 10.0. The van der Waals surface area contributed by atoms with E-state index in [1.54, 1.807) is 6.92 Å². The molecule has 0 radical (unpaired) electrons. The number of nitrogens with two attached hydrogens (primary N) is 1. The molecule has 0 spiro atoms. The Kier molecular flexibility index (Phi) is 4.58. The fraction of sp³-hybridized carbons (Fsp3) is 0.800. The van der Waals surface area contributed by atoms with Crippen molar-refractivity contribution < 1.29 is 14.3 Å². The first-order valence-electron chi connectivity index (χ1n) is 4.90. The van der Waals surface area contributed by atoms with Crippen LogP contribution in [0.15, 0.2) is 0 Å². The molecule has 0 aromatic carbocycles. The van der Waals surface area contributed by atoms with Gasteiger partial charge in [-0.05, 0) is 12.3 Å². The maximum atomic E-state index is 11.4. The van der Waals surface area contributed by atoms with Gasteiger partial charge in [-0.2, -0.15) is 0 Å². The van der Waals surface area contributed by atoms with Crippen LogP contribution < -0.4 is 5.73 Å². The van der Waals surface area contributed by atoms with Crippen molar-refractivity contribution in [3.05, 3.63) is 0 Å². The largest absolute Gasteiger partial charge is 0.450 e. The summed E-state index contributed by atoms with van der Waals surface area (Å²) in [7, 11) is 1.51. The topological polar surface area (TPSA) is 72.6 Å². The highest BCUT2D eigenvalue weighted by molar-refractivity contribution is 5.84. The minimum Gasteiger partial charge on any atom is -0.450 e. The monoisotopic (exact) mass is 216 g/mol. The number of ether oxygens (including phenoxy) is 1. The molecule has 5 nitrogen and oxygen atoms in total. The van der Waals surface area contributed by atoms with Crippen LogP contribution in [0.25, 0.3) is 0 Å². The van der Waals surface area contributed by atoms with Crippen LogP contribution in [-0.2, 0) is 9.53 Å². The number of likely N-dealkylation sites (N-methyl/N-ethyl adjacent to an activating group) is 1. The molecule has 0 fully saturated rings. The zero-order chi connectivity index (χ0) is 12.2. The second-order valence-corrected chi connectivity index (χ2v) is 4.48. The minimum absolute atomic E-state index is 0.277. The Balaban J connectivity index is 4.79. The lowest BCUT2D eigenvalue weighted by atomic mass is 9.85. The summed E-state index contributed by atoms with van der Waals surface area (Å²) in [6, 6.07) is -0.670. The molecule has 0 bridgehead atoms. The van der Waals surface area contributed by atoms with Gasteiger partial charge in [0.2, 0.25) is 5.91 Å². The van der Waals surface area contributed by atoms with Gasteiger partial charge in [0.1, 0.15) is 6.04 Å². The van der Waals surface area contributed by atoms with Crippen LogP contribution in [0.5, 0.6) is 0 Å².